The van der Waals surface area contributed by atoms with E-state index in [-0.39, 0.29) is 35.0 Å². The summed E-state index contributed by atoms with van der Waals surface area (Å²) in [5.74, 6) is 0.477. The number of thioether (sulfide) groups is 1. The first kappa shape index (κ1) is 16.5. The maximum atomic E-state index is 11.9. The van der Waals surface area contributed by atoms with E-state index in [1.807, 2.05) is 13.8 Å². The van der Waals surface area contributed by atoms with Crippen LogP contribution in [-0.4, -0.2) is 48.0 Å². The van der Waals surface area contributed by atoms with Gasteiger partial charge in [-0.2, -0.15) is 0 Å². The minimum Gasteiger partial charge on any atom is -0.343 e. The third-order valence-corrected chi connectivity index (χ3v) is 3.45. The van der Waals surface area contributed by atoms with E-state index in [2.05, 4.69) is 5.32 Å². The Labute approximate surface area is 112 Å². The largest absolute Gasteiger partial charge is 0.343 e. The minimum atomic E-state index is -0.379. The predicted octanol–water partition coefficient (Wildman–Crippen LogP) is 0.676. The fraction of sp³-hybridized carbons (Fsp3) is 0.800. The molecule has 0 aliphatic carbocycles. The molecule has 3 N–H and O–H groups in total. The Morgan fingerprint density at radius 1 is 1.65 bits per heavy atom. The molecule has 0 bridgehead atoms. The number of hydrogen-bond acceptors (Lipinski definition) is 4. The zero-order valence-corrected chi connectivity index (χ0v) is 12.0. The highest BCUT2D eigenvalue weighted by Crippen LogP contribution is 2.18. The molecule has 1 aliphatic rings. The highest BCUT2D eigenvalue weighted by Gasteiger charge is 2.31. The summed E-state index contributed by atoms with van der Waals surface area (Å²) in [5, 5.41) is 2.52. The van der Waals surface area contributed by atoms with Crippen molar-refractivity contribution >= 4 is 35.3 Å². The Balaban J connectivity index is 0.00000256. The summed E-state index contributed by atoms with van der Waals surface area (Å²) < 4.78 is 0. The normalized spacial score (nSPS) is 19.5. The smallest absolute Gasteiger partial charge is 0.279 e. The van der Waals surface area contributed by atoms with Crippen molar-refractivity contribution in [3.05, 3.63) is 0 Å². The molecule has 1 saturated heterocycles. The van der Waals surface area contributed by atoms with E-state index in [1.54, 1.807) is 11.9 Å². The fourth-order valence-corrected chi connectivity index (χ4v) is 2.34. The van der Waals surface area contributed by atoms with Gasteiger partial charge in [-0.05, 0) is 12.0 Å². The van der Waals surface area contributed by atoms with Gasteiger partial charge in [0.2, 0.25) is 5.91 Å². The Hall–Kier alpha value is -0.460. The lowest BCUT2D eigenvalue weighted by atomic mass is 9.93. The van der Waals surface area contributed by atoms with Gasteiger partial charge in [0.25, 0.3) is 5.24 Å². The average molecular weight is 282 g/mol. The van der Waals surface area contributed by atoms with Gasteiger partial charge < -0.3 is 16.0 Å². The van der Waals surface area contributed by atoms with E-state index in [9.17, 15) is 9.59 Å². The number of likely N-dealkylation sites (N-methyl/N-ethyl adjacent to an activating group) is 1. The van der Waals surface area contributed by atoms with Crippen LogP contribution in [0.25, 0.3) is 0 Å². The molecule has 1 heterocycles. The van der Waals surface area contributed by atoms with Crippen molar-refractivity contribution in [3.8, 4) is 0 Å². The van der Waals surface area contributed by atoms with Gasteiger partial charge >= 0.3 is 0 Å². The highest BCUT2D eigenvalue weighted by molar-refractivity contribution is 8.14. The Morgan fingerprint density at radius 3 is 2.65 bits per heavy atom. The maximum Gasteiger partial charge on any atom is 0.279 e. The molecule has 0 aromatic carbocycles. The number of amides is 2. The Kier molecular flexibility index (Phi) is 6.29. The molecule has 7 heteroatoms. The third kappa shape index (κ3) is 4.73. The quantitative estimate of drug-likeness (QED) is 0.794. The zero-order chi connectivity index (χ0) is 12.3. The number of nitrogens with two attached hydrogens (primary N) is 1. The van der Waals surface area contributed by atoms with Gasteiger partial charge in [-0.3, -0.25) is 9.59 Å². The lowest BCUT2D eigenvalue weighted by Gasteiger charge is -2.30. The van der Waals surface area contributed by atoms with Gasteiger partial charge in [0.1, 0.15) is 6.04 Å². The summed E-state index contributed by atoms with van der Waals surface area (Å²) in [6, 6.07) is -0.379. The van der Waals surface area contributed by atoms with Crippen LogP contribution < -0.4 is 11.1 Å². The molecule has 0 spiro atoms. The lowest BCUT2D eigenvalue weighted by molar-refractivity contribution is -0.132. The summed E-state index contributed by atoms with van der Waals surface area (Å²) in [4.78, 5) is 24.6. The average Bonchev–Trinajstić information content (AvgIpc) is 2.63. The van der Waals surface area contributed by atoms with Crippen molar-refractivity contribution in [2.45, 2.75) is 19.9 Å². The van der Waals surface area contributed by atoms with Crippen LogP contribution in [0.4, 0.5) is 4.79 Å². The number of nitrogens with one attached hydrogen (secondary N) is 1. The summed E-state index contributed by atoms with van der Waals surface area (Å²) in [6.07, 6.45) is 0. The standard InChI is InChI=1S/C10H19N3O2S.ClH/c1-10(2,5-11)6-13(3)8(14)7-4-16-9(15)12-7;/h7H,4-6,11H2,1-3H3,(H,12,15);1H/t7-;/m0./s1. The van der Waals surface area contributed by atoms with Crippen LogP contribution in [0.1, 0.15) is 13.8 Å². The Morgan fingerprint density at radius 2 is 2.24 bits per heavy atom. The Bertz CT molecular complexity index is 299. The predicted molar refractivity (Wildman–Crippen MR) is 72.5 cm³/mol. The highest BCUT2D eigenvalue weighted by atomic mass is 35.5. The molecular formula is C10H20ClN3O2S. The van der Waals surface area contributed by atoms with E-state index >= 15 is 0 Å². The van der Waals surface area contributed by atoms with Gasteiger partial charge in [0, 0.05) is 19.3 Å². The van der Waals surface area contributed by atoms with Crippen molar-refractivity contribution in [2.24, 2.45) is 11.1 Å². The first-order chi connectivity index (χ1) is 7.35. The first-order valence-corrected chi connectivity index (χ1v) is 6.22. The number of rotatable bonds is 4. The molecule has 5 nitrogen and oxygen atoms in total. The van der Waals surface area contributed by atoms with Crippen LogP contribution in [0.5, 0.6) is 0 Å². The molecule has 1 aliphatic heterocycles. The molecule has 2 amide bonds. The van der Waals surface area contributed by atoms with Crippen molar-refractivity contribution in [1.29, 1.82) is 0 Å². The first-order valence-electron chi connectivity index (χ1n) is 5.24. The molecule has 100 valence electrons. The second-order valence-electron chi connectivity index (χ2n) is 4.86. The van der Waals surface area contributed by atoms with Crippen LogP contribution in [0.2, 0.25) is 0 Å². The van der Waals surface area contributed by atoms with E-state index in [0.29, 0.717) is 18.8 Å². The topological polar surface area (TPSA) is 75.4 Å². The second-order valence-corrected chi connectivity index (χ2v) is 5.85. The minimum absolute atomic E-state index is 0. The summed E-state index contributed by atoms with van der Waals surface area (Å²) in [5.41, 5.74) is 5.52. The molecule has 0 radical (unpaired) electrons. The van der Waals surface area contributed by atoms with Crippen LogP contribution in [0.3, 0.4) is 0 Å². The fourth-order valence-electron chi connectivity index (χ4n) is 1.57. The number of halogens is 1. The third-order valence-electron chi connectivity index (χ3n) is 2.57. The van der Waals surface area contributed by atoms with Crippen molar-refractivity contribution < 1.29 is 9.59 Å². The molecule has 0 aromatic rings. The summed E-state index contributed by atoms with van der Waals surface area (Å²) >= 11 is 1.15. The molecule has 0 saturated carbocycles. The molecule has 17 heavy (non-hydrogen) atoms. The monoisotopic (exact) mass is 281 g/mol. The lowest BCUT2D eigenvalue weighted by Crippen LogP contribution is -2.47. The number of hydrogen-bond donors (Lipinski definition) is 2. The van der Waals surface area contributed by atoms with Crippen LogP contribution in [0.15, 0.2) is 0 Å². The van der Waals surface area contributed by atoms with Crippen LogP contribution in [0, 0.1) is 5.41 Å². The number of carbonyl (C=O) groups excluding carboxylic acids is 2. The molecule has 0 aromatic heterocycles. The molecule has 0 unspecified atom stereocenters. The molecule has 1 atom stereocenters. The van der Waals surface area contributed by atoms with Gasteiger partial charge in [-0.25, -0.2) is 0 Å². The van der Waals surface area contributed by atoms with Crippen LogP contribution >= 0.6 is 24.2 Å². The van der Waals surface area contributed by atoms with Crippen molar-refractivity contribution in [3.63, 3.8) is 0 Å². The van der Waals surface area contributed by atoms with E-state index in [4.69, 9.17) is 5.73 Å². The molecule has 1 fully saturated rings. The van der Waals surface area contributed by atoms with E-state index < -0.39 is 0 Å². The summed E-state index contributed by atoms with van der Waals surface area (Å²) in [6.45, 7) is 5.15. The van der Waals surface area contributed by atoms with Gasteiger partial charge in [-0.1, -0.05) is 25.6 Å². The van der Waals surface area contributed by atoms with Crippen molar-refractivity contribution in [1.82, 2.24) is 10.2 Å². The summed E-state index contributed by atoms with van der Waals surface area (Å²) in [7, 11) is 1.74. The number of carbonyl (C=O) groups is 2. The van der Waals surface area contributed by atoms with Gasteiger partial charge in [0.05, 0.1) is 0 Å². The second kappa shape index (κ2) is 6.47. The zero-order valence-electron chi connectivity index (χ0n) is 10.4. The number of nitrogens with zero attached hydrogens (tertiary/aromatic N) is 1. The van der Waals surface area contributed by atoms with Gasteiger partial charge in [-0.15, -0.1) is 12.4 Å². The van der Waals surface area contributed by atoms with E-state index in [0.717, 1.165) is 11.8 Å². The SMILES string of the molecule is CN(CC(C)(C)CN)C(=O)[C@@H]1CSC(=O)N1.Cl. The van der Waals surface area contributed by atoms with Crippen LogP contribution in [-0.2, 0) is 4.79 Å². The van der Waals surface area contributed by atoms with Gasteiger partial charge in [0.15, 0.2) is 0 Å². The van der Waals surface area contributed by atoms with E-state index in [1.165, 1.54) is 0 Å². The molecule has 1 rings (SSSR count). The maximum absolute atomic E-state index is 11.9. The molecular weight excluding hydrogens is 262 g/mol. The van der Waals surface area contributed by atoms with Crippen molar-refractivity contribution in [2.75, 3.05) is 25.9 Å².